The molecule has 1 aliphatic heterocycles. The van der Waals surface area contributed by atoms with E-state index in [1.54, 1.807) is 12.1 Å². The third-order valence-electron chi connectivity index (χ3n) is 2.64. The van der Waals surface area contributed by atoms with Crippen molar-refractivity contribution in [3.8, 4) is 0 Å². The molecule has 0 aromatic carbocycles. The van der Waals surface area contributed by atoms with Crippen LogP contribution in [0, 0.1) is 0 Å². The Kier molecular flexibility index (Phi) is 4.12. The minimum atomic E-state index is -0.237. The van der Waals surface area contributed by atoms with E-state index in [9.17, 15) is 4.79 Å². The van der Waals surface area contributed by atoms with Gasteiger partial charge >= 0.3 is 0 Å². The second kappa shape index (κ2) is 5.60. The van der Waals surface area contributed by atoms with Gasteiger partial charge < -0.3 is 11.1 Å². The number of nitrogens with one attached hydrogen (secondary N) is 1. The summed E-state index contributed by atoms with van der Waals surface area (Å²) < 4.78 is 0. The lowest BCUT2D eigenvalue weighted by Gasteiger charge is -2.22. The number of nitrogens with zero attached hydrogens (tertiary/aromatic N) is 1. The van der Waals surface area contributed by atoms with Crippen LogP contribution < -0.4 is 11.1 Å². The molecule has 1 fully saturated rings. The van der Waals surface area contributed by atoms with Crippen molar-refractivity contribution in [2.75, 3.05) is 17.2 Å². The van der Waals surface area contributed by atoms with Crippen molar-refractivity contribution < 1.29 is 4.79 Å². The maximum absolute atomic E-state index is 12.0. The average molecular weight is 272 g/mol. The quantitative estimate of drug-likeness (QED) is 0.863. The topological polar surface area (TPSA) is 68.0 Å². The second-order valence-electron chi connectivity index (χ2n) is 3.93. The number of thioether (sulfide) groups is 1. The molecule has 0 spiro atoms. The van der Waals surface area contributed by atoms with Crippen molar-refractivity contribution in [1.82, 2.24) is 10.3 Å². The maximum Gasteiger partial charge on any atom is 0.271 e. The number of carbonyl (C=O) groups excluding carboxylic acids is 1. The molecule has 3 N–H and O–H groups in total. The fourth-order valence-corrected chi connectivity index (χ4v) is 3.01. The van der Waals surface area contributed by atoms with Crippen LogP contribution >= 0.6 is 23.4 Å². The summed E-state index contributed by atoms with van der Waals surface area (Å²) in [6.07, 6.45) is 1.99. The average Bonchev–Trinajstić information content (AvgIpc) is 2.33. The number of carbonyl (C=O) groups is 1. The molecule has 1 aromatic rings. The van der Waals surface area contributed by atoms with Crippen LogP contribution in [-0.4, -0.2) is 28.4 Å². The molecule has 1 saturated heterocycles. The largest absolute Gasteiger partial charge is 0.384 e. The van der Waals surface area contributed by atoms with Crippen molar-refractivity contribution in [1.29, 1.82) is 0 Å². The summed E-state index contributed by atoms with van der Waals surface area (Å²) in [5.74, 6) is 2.24. The van der Waals surface area contributed by atoms with E-state index >= 15 is 0 Å². The maximum atomic E-state index is 12.0. The van der Waals surface area contributed by atoms with Gasteiger partial charge in [-0.1, -0.05) is 11.6 Å². The highest BCUT2D eigenvalue weighted by atomic mass is 35.5. The van der Waals surface area contributed by atoms with E-state index in [0.29, 0.717) is 10.8 Å². The van der Waals surface area contributed by atoms with Gasteiger partial charge in [0.05, 0.1) is 5.02 Å². The first-order valence-corrected chi connectivity index (χ1v) is 7.00. The molecular weight excluding hydrogens is 258 g/mol. The molecule has 6 heteroatoms. The summed E-state index contributed by atoms with van der Waals surface area (Å²) in [6.45, 7) is 0. The monoisotopic (exact) mass is 271 g/mol. The van der Waals surface area contributed by atoms with Gasteiger partial charge in [0.25, 0.3) is 5.91 Å². The van der Waals surface area contributed by atoms with Gasteiger partial charge in [-0.05, 0) is 36.5 Å². The number of amides is 1. The molecule has 2 heterocycles. The van der Waals surface area contributed by atoms with Gasteiger partial charge in [0, 0.05) is 6.04 Å². The third-order valence-corrected chi connectivity index (χ3v) is 3.99. The van der Waals surface area contributed by atoms with E-state index in [-0.39, 0.29) is 17.6 Å². The summed E-state index contributed by atoms with van der Waals surface area (Å²) in [6, 6.07) is 3.40. The predicted molar refractivity (Wildman–Crippen MR) is 71.5 cm³/mol. The van der Waals surface area contributed by atoms with Gasteiger partial charge in [0.15, 0.2) is 0 Å². The van der Waals surface area contributed by atoms with Gasteiger partial charge in [0.1, 0.15) is 11.5 Å². The number of pyridine rings is 1. The Hall–Kier alpha value is -0.940. The number of rotatable bonds is 2. The zero-order valence-corrected chi connectivity index (χ0v) is 10.9. The molecule has 0 atom stereocenters. The van der Waals surface area contributed by atoms with Crippen molar-refractivity contribution in [2.45, 2.75) is 18.9 Å². The standard InChI is InChI=1S/C11H14ClN3OS/c12-8-1-2-9(13)15-10(8)11(16)14-7-3-5-17-6-4-7/h1-2,7H,3-6H2,(H2,13,15)(H,14,16). The van der Waals surface area contributed by atoms with E-state index < -0.39 is 0 Å². The van der Waals surface area contributed by atoms with Crippen molar-refractivity contribution in [3.63, 3.8) is 0 Å². The van der Waals surface area contributed by atoms with Gasteiger partial charge in [-0.25, -0.2) is 4.98 Å². The number of hydrogen-bond acceptors (Lipinski definition) is 4. The normalized spacial score (nSPS) is 16.8. The molecule has 2 rings (SSSR count). The molecule has 0 bridgehead atoms. The van der Waals surface area contributed by atoms with Crippen LogP contribution in [0.25, 0.3) is 0 Å². The van der Waals surface area contributed by atoms with E-state index in [1.165, 1.54) is 0 Å². The number of nitrogen functional groups attached to an aromatic ring is 1. The van der Waals surface area contributed by atoms with Crippen LogP contribution in [0.2, 0.25) is 5.02 Å². The number of anilines is 1. The fraction of sp³-hybridized carbons (Fsp3) is 0.455. The Morgan fingerprint density at radius 3 is 2.88 bits per heavy atom. The van der Waals surface area contributed by atoms with Gasteiger partial charge in [0.2, 0.25) is 0 Å². The minimum Gasteiger partial charge on any atom is -0.384 e. The van der Waals surface area contributed by atoms with Gasteiger partial charge in [-0.2, -0.15) is 11.8 Å². The van der Waals surface area contributed by atoms with Crippen molar-refractivity contribution in [2.24, 2.45) is 0 Å². The first kappa shape index (κ1) is 12.5. The zero-order valence-electron chi connectivity index (χ0n) is 9.28. The Morgan fingerprint density at radius 2 is 2.18 bits per heavy atom. The molecular formula is C11H14ClN3OS. The number of halogens is 1. The zero-order chi connectivity index (χ0) is 12.3. The molecule has 92 valence electrons. The summed E-state index contributed by atoms with van der Waals surface area (Å²) in [7, 11) is 0. The van der Waals surface area contributed by atoms with Gasteiger partial charge in [-0.15, -0.1) is 0 Å². The predicted octanol–water partition coefficient (Wildman–Crippen LogP) is 1.94. The third kappa shape index (κ3) is 3.26. The molecule has 17 heavy (non-hydrogen) atoms. The lowest BCUT2D eigenvalue weighted by molar-refractivity contribution is 0.0930. The van der Waals surface area contributed by atoms with E-state index in [1.807, 2.05) is 11.8 Å². The molecule has 1 aromatic heterocycles. The summed E-state index contributed by atoms with van der Waals surface area (Å²) in [5, 5.41) is 3.28. The lowest BCUT2D eigenvalue weighted by Crippen LogP contribution is -2.37. The molecule has 0 unspecified atom stereocenters. The van der Waals surface area contributed by atoms with E-state index in [4.69, 9.17) is 17.3 Å². The molecule has 0 radical (unpaired) electrons. The Labute approximate surface area is 109 Å². The Morgan fingerprint density at radius 1 is 1.47 bits per heavy atom. The highest BCUT2D eigenvalue weighted by Crippen LogP contribution is 2.19. The van der Waals surface area contributed by atoms with Crippen LogP contribution in [0.3, 0.4) is 0 Å². The van der Waals surface area contributed by atoms with Crippen LogP contribution in [0.15, 0.2) is 12.1 Å². The Bertz CT molecular complexity index is 421. The molecule has 0 saturated carbocycles. The molecule has 1 aliphatic rings. The minimum absolute atomic E-state index is 0.213. The van der Waals surface area contributed by atoms with Crippen LogP contribution in [-0.2, 0) is 0 Å². The number of nitrogens with two attached hydrogens (primary N) is 1. The highest BCUT2D eigenvalue weighted by molar-refractivity contribution is 7.99. The summed E-state index contributed by atoms with van der Waals surface area (Å²) >= 11 is 7.84. The first-order valence-electron chi connectivity index (χ1n) is 5.47. The SMILES string of the molecule is Nc1ccc(Cl)c(C(=O)NC2CCSCC2)n1. The van der Waals surface area contributed by atoms with Crippen LogP contribution in [0.1, 0.15) is 23.3 Å². The van der Waals surface area contributed by atoms with Crippen LogP contribution in [0.5, 0.6) is 0 Å². The summed E-state index contributed by atoms with van der Waals surface area (Å²) in [5.41, 5.74) is 5.76. The molecule has 1 amide bonds. The Balaban J connectivity index is 2.05. The fourth-order valence-electron chi connectivity index (χ4n) is 1.71. The van der Waals surface area contributed by atoms with Crippen molar-refractivity contribution >= 4 is 35.1 Å². The lowest BCUT2D eigenvalue weighted by atomic mass is 10.1. The van der Waals surface area contributed by atoms with E-state index in [2.05, 4.69) is 10.3 Å². The molecule has 4 nitrogen and oxygen atoms in total. The van der Waals surface area contributed by atoms with E-state index in [0.717, 1.165) is 24.3 Å². The molecule has 0 aliphatic carbocycles. The smallest absolute Gasteiger partial charge is 0.271 e. The summed E-state index contributed by atoms with van der Waals surface area (Å²) in [4.78, 5) is 15.9. The van der Waals surface area contributed by atoms with Crippen LogP contribution in [0.4, 0.5) is 5.82 Å². The van der Waals surface area contributed by atoms with Crippen molar-refractivity contribution in [3.05, 3.63) is 22.8 Å². The number of hydrogen-bond donors (Lipinski definition) is 2. The number of aromatic nitrogens is 1. The second-order valence-corrected chi connectivity index (χ2v) is 5.56. The van der Waals surface area contributed by atoms with Gasteiger partial charge in [-0.3, -0.25) is 4.79 Å². The highest BCUT2D eigenvalue weighted by Gasteiger charge is 2.19. The first-order chi connectivity index (χ1) is 8.16.